The molecule has 22 heavy (non-hydrogen) atoms. The standard InChI is InChI=1S/C10H20O2.C9H18O/c1-10(2,3)8-6-4-5-7-9(11)12;1-9(2,10)8-6-4-3-5-7-8/h4-8H2,1-3H3,(H,11,12);8,10H,3-7H2,1-2H3. The van der Waals surface area contributed by atoms with Crippen molar-refractivity contribution < 1.29 is 15.0 Å². The van der Waals surface area contributed by atoms with Gasteiger partial charge in [0.2, 0.25) is 0 Å². The molecule has 2 N–H and O–H groups in total. The van der Waals surface area contributed by atoms with Gasteiger partial charge < -0.3 is 15.0 Å². The largest absolute Gasteiger partial charge is 0.550 e. The van der Waals surface area contributed by atoms with Crippen molar-refractivity contribution in [3.05, 3.63) is 0 Å². The fourth-order valence-corrected chi connectivity index (χ4v) is 2.93. The number of carboxylic acid groups (broad SMARTS) is 1. The Balaban J connectivity index is 0.000000406. The molecule has 0 atom stereocenters. The van der Waals surface area contributed by atoms with Crippen LogP contribution in [0.2, 0.25) is 0 Å². The Morgan fingerprint density at radius 3 is 1.91 bits per heavy atom. The van der Waals surface area contributed by atoms with Crippen LogP contribution in [0.1, 0.15) is 98.8 Å². The van der Waals surface area contributed by atoms with Gasteiger partial charge in [-0.3, -0.25) is 0 Å². The molecule has 0 aromatic rings. The van der Waals surface area contributed by atoms with E-state index in [0.717, 1.165) is 19.3 Å². The van der Waals surface area contributed by atoms with E-state index < -0.39 is 5.97 Å². The number of unbranched alkanes of at least 4 members (excludes halogenated alkanes) is 2. The van der Waals surface area contributed by atoms with Crippen LogP contribution >= 0.6 is 0 Å². The monoisotopic (exact) mass is 314 g/mol. The maximum Gasteiger partial charge on any atom is 0.160 e. The van der Waals surface area contributed by atoms with Gasteiger partial charge in [0.05, 0.1) is 0 Å². The molecule has 0 bridgehead atoms. The van der Waals surface area contributed by atoms with Crippen molar-refractivity contribution in [3.63, 3.8) is 0 Å². The van der Waals surface area contributed by atoms with Crippen molar-refractivity contribution in [1.82, 2.24) is 0 Å². The first-order chi connectivity index (χ1) is 10.0. The van der Waals surface area contributed by atoms with Crippen LogP contribution < -0.4 is 5.11 Å². The molecule has 0 heterocycles. The van der Waals surface area contributed by atoms with Crippen molar-refractivity contribution in [1.29, 1.82) is 0 Å². The smallest absolute Gasteiger partial charge is 0.160 e. The lowest BCUT2D eigenvalue weighted by molar-refractivity contribution is -0.305. The van der Waals surface area contributed by atoms with Crippen LogP contribution in [0.5, 0.6) is 0 Å². The summed E-state index contributed by atoms with van der Waals surface area (Å²) in [5, 5.41) is 17.9. The lowest BCUT2D eigenvalue weighted by atomic mass is 9.79. The van der Waals surface area contributed by atoms with Gasteiger partial charge in [-0.15, -0.1) is 0 Å². The molecule has 1 fully saturated rings. The summed E-state index contributed by atoms with van der Waals surface area (Å²) >= 11 is 0. The van der Waals surface area contributed by atoms with Gasteiger partial charge in [0.25, 0.3) is 0 Å². The molecule has 0 aromatic carbocycles. The van der Waals surface area contributed by atoms with E-state index in [0.29, 0.717) is 11.3 Å². The number of rotatable bonds is 6. The highest BCUT2D eigenvalue weighted by Gasteiger charge is 2.31. The number of hydrogen-bond donors (Lipinski definition) is 0. The van der Waals surface area contributed by atoms with Gasteiger partial charge in [-0.1, -0.05) is 52.9 Å². The van der Waals surface area contributed by atoms with Crippen LogP contribution in [0.4, 0.5) is 0 Å². The zero-order valence-electron chi connectivity index (χ0n) is 15.5. The lowest BCUT2D eigenvalue weighted by Gasteiger charge is -2.28. The van der Waals surface area contributed by atoms with Crippen LogP contribution in [0, 0.1) is 11.3 Å². The SMILES string of the molecule is CC(C)(C)CCCCCC(=O)[O-].CC(C)([OH2+])C1CCCCC1. The molecule has 1 aliphatic rings. The van der Waals surface area contributed by atoms with Crippen molar-refractivity contribution in [2.45, 2.75) is 104 Å². The molecule has 0 aliphatic heterocycles. The third kappa shape index (κ3) is 13.1. The summed E-state index contributed by atoms with van der Waals surface area (Å²) in [7, 11) is 0. The van der Waals surface area contributed by atoms with Gasteiger partial charge >= 0.3 is 0 Å². The van der Waals surface area contributed by atoms with Gasteiger partial charge in [-0.05, 0) is 37.5 Å². The topological polar surface area (TPSA) is 63.0 Å². The first-order valence-electron chi connectivity index (χ1n) is 8.97. The summed E-state index contributed by atoms with van der Waals surface area (Å²) in [6, 6.07) is 0. The Morgan fingerprint density at radius 2 is 1.55 bits per heavy atom. The highest BCUT2D eigenvalue weighted by atomic mass is 16.4. The summed E-state index contributed by atoms with van der Waals surface area (Å²) in [4.78, 5) is 10.0. The lowest BCUT2D eigenvalue weighted by Crippen LogP contribution is -2.32. The van der Waals surface area contributed by atoms with Gasteiger partial charge in [0, 0.05) is 25.7 Å². The minimum atomic E-state index is -0.925. The molecule has 1 saturated carbocycles. The van der Waals surface area contributed by atoms with Crippen LogP contribution in [0.15, 0.2) is 0 Å². The third-order valence-corrected chi connectivity index (χ3v) is 4.43. The van der Waals surface area contributed by atoms with Crippen molar-refractivity contribution in [3.8, 4) is 0 Å². The Hall–Kier alpha value is -0.570. The van der Waals surface area contributed by atoms with Crippen molar-refractivity contribution in [2.24, 2.45) is 11.3 Å². The Kier molecular flexibility index (Phi) is 9.99. The fourth-order valence-electron chi connectivity index (χ4n) is 2.93. The van der Waals surface area contributed by atoms with E-state index in [1.807, 2.05) is 13.8 Å². The number of carbonyl (C=O) groups excluding carboxylic acids is 1. The van der Waals surface area contributed by atoms with Crippen LogP contribution in [-0.2, 0) is 4.79 Å². The second kappa shape index (κ2) is 10.3. The second-order valence-corrected chi connectivity index (χ2v) is 8.55. The molecular formula is C19H38O3. The highest BCUT2D eigenvalue weighted by Crippen LogP contribution is 2.31. The Labute approximate surface area is 137 Å². The highest BCUT2D eigenvalue weighted by molar-refractivity contribution is 5.63. The van der Waals surface area contributed by atoms with E-state index in [-0.39, 0.29) is 12.0 Å². The number of carboxylic acids is 1. The van der Waals surface area contributed by atoms with E-state index in [1.54, 1.807) is 0 Å². The molecule has 1 rings (SSSR count). The first-order valence-corrected chi connectivity index (χ1v) is 8.97. The van der Waals surface area contributed by atoms with Gasteiger partial charge in [0.15, 0.2) is 5.60 Å². The Bertz CT molecular complexity index is 291. The van der Waals surface area contributed by atoms with E-state index in [9.17, 15) is 9.90 Å². The zero-order valence-corrected chi connectivity index (χ0v) is 15.5. The van der Waals surface area contributed by atoms with E-state index in [4.69, 9.17) is 5.11 Å². The maximum atomic E-state index is 10.0. The molecule has 0 saturated heterocycles. The van der Waals surface area contributed by atoms with Crippen LogP contribution in [0.25, 0.3) is 0 Å². The molecule has 1 aliphatic carbocycles. The summed E-state index contributed by atoms with van der Waals surface area (Å²) in [5.74, 6) is -0.257. The number of carbonyl (C=O) groups is 1. The molecule has 3 heteroatoms. The summed E-state index contributed by atoms with van der Waals surface area (Å²) in [6.45, 7) is 10.7. The Morgan fingerprint density at radius 1 is 1.00 bits per heavy atom. The van der Waals surface area contributed by atoms with E-state index in [2.05, 4.69) is 20.8 Å². The average Bonchev–Trinajstić information content (AvgIpc) is 2.37. The van der Waals surface area contributed by atoms with Gasteiger partial charge in [0.1, 0.15) is 0 Å². The minimum Gasteiger partial charge on any atom is -0.550 e. The predicted molar refractivity (Wildman–Crippen MR) is 91.8 cm³/mol. The average molecular weight is 315 g/mol. The molecule has 0 aromatic heterocycles. The quantitative estimate of drug-likeness (QED) is 0.553. The molecule has 0 unspecified atom stereocenters. The number of aliphatic carboxylic acids is 1. The summed E-state index contributed by atoms with van der Waals surface area (Å²) < 4.78 is 0. The summed E-state index contributed by atoms with van der Waals surface area (Å²) in [5.41, 5.74) is 0.196. The minimum absolute atomic E-state index is 0.180. The third-order valence-electron chi connectivity index (χ3n) is 4.43. The van der Waals surface area contributed by atoms with Crippen molar-refractivity contribution >= 4 is 5.97 Å². The van der Waals surface area contributed by atoms with E-state index in [1.165, 1.54) is 38.5 Å². The summed E-state index contributed by atoms with van der Waals surface area (Å²) in [6.07, 6.45) is 10.9. The van der Waals surface area contributed by atoms with Crippen LogP contribution in [0.3, 0.4) is 0 Å². The van der Waals surface area contributed by atoms with Gasteiger partial charge in [-0.25, -0.2) is 0 Å². The molecular weight excluding hydrogens is 276 g/mol. The zero-order chi connectivity index (χ0) is 17.2. The van der Waals surface area contributed by atoms with Gasteiger partial charge in [-0.2, -0.15) is 0 Å². The molecule has 132 valence electrons. The number of hydrogen-bond acceptors (Lipinski definition) is 2. The maximum absolute atomic E-state index is 10.0. The molecule has 0 radical (unpaired) electrons. The molecule has 0 amide bonds. The van der Waals surface area contributed by atoms with Crippen molar-refractivity contribution in [2.75, 3.05) is 0 Å². The first kappa shape index (κ1) is 21.4. The van der Waals surface area contributed by atoms with Crippen LogP contribution in [-0.4, -0.2) is 16.7 Å². The molecule has 0 spiro atoms. The van der Waals surface area contributed by atoms with E-state index >= 15 is 0 Å². The second-order valence-electron chi connectivity index (χ2n) is 8.55. The molecule has 3 nitrogen and oxygen atoms in total. The normalized spacial score (nSPS) is 16.8. The fraction of sp³-hybridized carbons (Fsp3) is 0.947. The predicted octanol–water partition coefficient (Wildman–Crippen LogP) is 3.80.